The first-order chi connectivity index (χ1) is 10.2. The van der Waals surface area contributed by atoms with Gasteiger partial charge >= 0.3 is 6.03 Å². The van der Waals surface area contributed by atoms with Gasteiger partial charge in [-0.2, -0.15) is 0 Å². The van der Waals surface area contributed by atoms with Crippen molar-refractivity contribution >= 4 is 6.03 Å². The highest BCUT2D eigenvalue weighted by Gasteiger charge is 2.36. The smallest absolute Gasteiger partial charge is 0.320 e. The zero-order valence-electron chi connectivity index (χ0n) is 13.0. The first-order valence-corrected chi connectivity index (χ1v) is 8.27. The summed E-state index contributed by atoms with van der Waals surface area (Å²) in [5.41, 5.74) is 0.925. The van der Waals surface area contributed by atoms with Crippen molar-refractivity contribution in [2.24, 2.45) is 5.92 Å². The number of nitrogens with zero attached hydrogens (tertiary/aromatic N) is 2. The molecule has 3 aliphatic rings. The normalized spacial score (nSPS) is 30.8. The fourth-order valence-corrected chi connectivity index (χ4v) is 3.69. The Morgan fingerprint density at radius 1 is 1.33 bits per heavy atom. The van der Waals surface area contributed by atoms with Gasteiger partial charge in [-0.25, -0.2) is 4.79 Å². The van der Waals surface area contributed by atoms with Crippen molar-refractivity contribution in [3.63, 3.8) is 0 Å². The van der Waals surface area contributed by atoms with Crippen LogP contribution in [-0.4, -0.2) is 60.8 Å². The summed E-state index contributed by atoms with van der Waals surface area (Å²) in [5.74, 6) is 0.802. The first kappa shape index (κ1) is 14.7. The van der Waals surface area contributed by atoms with Crippen LogP contribution in [0.4, 0.5) is 4.79 Å². The quantitative estimate of drug-likeness (QED) is 0.805. The van der Waals surface area contributed by atoms with Crippen LogP contribution in [0.5, 0.6) is 0 Å². The van der Waals surface area contributed by atoms with Gasteiger partial charge in [0.25, 0.3) is 0 Å². The number of hydrogen-bond acceptors (Lipinski definition) is 3. The van der Waals surface area contributed by atoms with Crippen LogP contribution >= 0.6 is 0 Å². The Balaban J connectivity index is 0.00000176. The lowest BCUT2D eigenvalue weighted by molar-refractivity contribution is -0.0230. The average Bonchev–Trinajstić information content (AvgIpc) is 2.53. The molecule has 1 unspecified atom stereocenters. The Bertz CT molecular complexity index is 410. The first-order valence-electron chi connectivity index (χ1n) is 8.27. The number of nitrogens with one attached hydrogen (secondary N) is 1. The molecule has 0 spiro atoms. The fourth-order valence-electron chi connectivity index (χ4n) is 3.69. The fraction of sp³-hybridized carbons (Fsp3) is 0.812. The molecule has 0 bridgehead atoms. The molecular weight excluding hydrogens is 266 g/mol. The van der Waals surface area contributed by atoms with Crippen LogP contribution in [0.3, 0.4) is 0 Å². The van der Waals surface area contributed by atoms with E-state index in [2.05, 4.69) is 18.8 Å². The van der Waals surface area contributed by atoms with Crippen molar-refractivity contribution in [2.75, 3.05) is 32.8 Å². The van der Waals surface area contributed by atoms with E-state index in [4.69, 9.17) is 4.74 Å². The lowest BCUT2D eigenvalue weighted by Gasteiger charge is -2.44. The molecule has 2 atom stereocenters. The zero-order chi connectivity index (χ0) is 14.8. The molecule has 2 amide bonds. The molecule has 0 aromatic carbocycles. The van der Waals surface area contributed by atoms with Crippen molar-refractivity contribution in [1.82, 2.24) is 15.1 Å². The number of ether oxygens (including phenoxy) is 1. The number of carbonyl (C=O) groups excluding carboxylic acids is 1. The number of amides is 2. The molecule has 0 aromatic rings. The molecule has 21 heavy (non-hydrogen) atoms. The van der Waals surface area contributed by atoms with Gasteiger partial charge in [0, 0.05) is 33.3 Å². The van der Waals surface area contributed by atoms with Gasteiger partial charge in [-0.05, 0) is 25.2 Å². The van der Waals surface area contributed by atoms with E-state index in [9.17, 15) is 4.79 Å². The van der Waals surface area contributed by atoms with Gasteiger partial charge in [0.1, 0.15) is 0 Å². The molecule has 5 heteroatoms. The van der Waals surface area contributed by atoms with Crippen molar-refractivity contribution in [1.29, 1.82) is 0 Å². The van der Waals surface area contributed by atoms with E-state index in [-0.39, 0.29) is 19.6 Å². The monoisotopic (exact) mass is 295 g/mol. The van der Waals surface area contributed by atoms with Gasteiger partial charge < -0.3 is 19.9 Å². The van der Waals surface area contributed by atoms with Crippen LogP contribution < -0.4 is 5.32 Å². The minimum absolute atomic E-state index is 0. The van der Waals surface area contributed by atoms with Gasteiger partial charge in [0.05, 0.1) is 18.8 Å². The summed E-state index contributed by atoms with van der Waals surface area (Å²) in [5, 5.41) is 3.39. The summed E-state index contributed by atoms with van der Waals surface area (Å²) in [6.45, 7) is 10.1. The highest BCUT2D eigenvalue weighted by atomic mass is 16.5. The second-order valence-electron chi connectivity index (χ2n) is 6.56. The highest BCUT2D eigenvalue weighted by molar-refractivity contribution is 5.74. The van der Waals surface area contributed by atoms with Crippen LogP contribution in [0.25, 0.3) is 0 Å². The largest absolute Gasteiger partial charge is 0.380 e. The summed E-state index contributed by atoms with van der Waals surface area (Å²) in [6, 6.07) is 0.415. The Morgan fingerprint density at radius 2 is 2.05 bits per heavy atom. The molecule has 120 valence electrons. The van der Waals surface area contributed by atoms with Gasteiger partial charge in [-0.15, -0.1) is 0 Å². The van der Waals surface area contributed by atoms with Crippen LogP contribution in [-0.2, 0) is 4.74 Å². The van der Waals surface area contributed by atoms with Crippen LogP contribution in [0, 0.1) is 5.92 Å². The number of likely N-dealkylation sites (tertiary alicyclic amines) is 2. The molecule has 5 nitrogen and oxygen atoms in total. The summed E-state index contributed by atoms with van der Waals surface area (Å²) in [7, 11) is 0. The van der Waals surface area contributed by atoms with Crippen LogP contribution in [0.15, 0.2) is 12.3 Å². The number of piperidine rings is 2. The summed E-state index contributed by atoms with van der Waals surface area (Å²) in [6.07, 6.45) is 4.69. The molecule has 3 aliphatic heterocycles. The third-order valence-corrected chi connectivity index (χ3v) is 5.14. The number of rotatable bonds is 1. The van der Waals surface area contributed by atoms with E-state index in [1.54, 1.807) is 0 Å². The SMILES string of the molecule is C=C1COC2CCN(C(=O)N3CCC(CC)CC3)C[C@H]2N1.[HH]. The number of carbonyl (C=O) groups is 1. The highest BCUT2D eigenvalue weighted by Crippen LogP contribution is 2.24. The second-order valence-corrected chi connectivity index (χ2v) is 6.56. The molecule has 3 saturated heterocycles. The predicted molar refractivity (Wildman–Crippen MR) is 84.1 cm³/mol. The lowest BCUT2D eigenvalue weighted by atomic mass is 9.94. The Hall–Kier alpha value is -1.23. The predicted octanol–water partition coefficient (Wildman–Crippen LogP) is 2.05. The molecule has 0 radical (unpaired) electrons. The molecule has 3 heterocycles. The molecule has 3 rings (SSSR count). The number of urea groups is 1. The topological polar surface area (TPSA) is 44.8 Å². The molecular formula is C16H29N3O2. The van der Waals surface area contributed by atoms with Gasteiger partial charge in [-0.1, -0.05) is 19.9 Å². The third-order valence-electron chi connectivity index (χ3n) is 5.14. The minimum atomic E-state index is 0. The number of hydrogen-bond donors (Lipinski definition) is 1. The van der Waals surface area contributed by atoms with Crippen molar-refractivity contribution in [3.05, 3.63) is 12.3 Å². The van der Waals surface area contributed by atoms with Crippen LogP contribution in [0.1, 0.15) is 34.0 Å². The maximum absolute atomic E-state index is 12.7. The molecule has 1 N–H and O–H groups in total. The summed E-state index contributed by atoms with van der Waals surface area (Å²) >= 11 is 0. The molecule has 0 aromatic heterocycles. The standard InChI is InChI=1S/C16H27N3O2.H2/c1-3-13-4-7-18(8-5-13)16(20)19-9-6-15-14(10-19)17-12(2)11-21-15;/h13-15,17H,2-11H2,1H3;1H/t14-,15?;/m1./s1. The van der Waals surface area contributed by atoms with E-state index < -0.39 is 0 Å². The average molecular weight is 295 g/mol. The number of morpholine rings is 1. The Morgan fingerprint density at radius 3 is 2.76 bits per heavy atom. The third kappa shape index (κ3) is 3.18. The van der Waals surface area contributed by atoms with E-state index in [1.165, 1.54) is 6.42 Å². The minimum Gasteiger partial charge on any atom is -0.380 e. The maximum atomic E-state index is 12.7. The number of fused-ring (bicyclic) bond motifs is 1. The van der Waals surface area contributed by atoms with E-state index in [0.29, 0.717) is 6.61 Å². The van der Waals surface area contributed by atoms with Crippen molar-refractivity contribution in [2.45, 2.75) is 44.8 Å². The summed E-state index contributed by atoms with van der Waals surface area (Å²) < 4.78 is 5.78. The van der Waals surface area contributed by atoms with Gasteiger partial charge in [0.15, 0.2) is 0 Å². The Labute approximate surface area is 128 Å². The zero-order valence-corrected chi connectivity index (χ0v) is 13.0. The lowest BCUT2D eigenvalue weighted by Crippen LogP contribution is -2.60. The summed E-state index contributed by atoms with van der Waals surface area (Å²) in [4.78, 5) is 16.7. The van der Waals surface area contributed by atoms with Gasteiger partial charge in [-0.3, -0.25) is 0 Å². The second kappa shape index (κ2) is 6.26. The molecule has 0 aliphatic carbocycles. The van der Waals surface area contributed by atoms with Crippen LogP contribution in [0.2, 0.25) is 0 Å². The van der Waals surface area contributed by atoms with Gasteiger partial charge in [0.2, 0.25) is 0 Å². The van der Waals surface area contributed by atoms with Crippen molar-refractivity contribution < 1.29 is 11.0 Å². The van der Waals surface area contributed by atoms with Crippen molar-refractivity contribution in [3.8, 4) is 0 Å². The van der Waals surface area contributed by atoms with E-state index in [0.717, 1.165) is 57.1 Å². The van der Waals surface area contributed by atoms with E-state index in [1.807, 2.05) is 9.80 Å². The molecule has 3 fully saturated rings. The Kier molecular flexibility index (Phi) is 4.38. The maximum Gasteiger partial charge on any atom is 0.320 e. The van der Waals surface area contributed by atoms with E-state index >= 15 is 0 Å². The molecule has 0 saturated carbocycles.